The molecule has 3 aromatic carbocycles. The van der Waals surface area contributed by atoms with E-state index in [-0.39, 0.29) is 11.7 Å². The van der Waals surface area contributed by atoms with Crippen LogP contribution in [0.5, 0.6) is 5.75 Å². The number of pyridine rings is 1. The summed E-state index contributed by atoms with van der Waals surface area (Å²) in [6.07, 6.45) is 1.75. The molecule has 2 heterocycles. The number of aromatic nitrogens is 2. The number of aromatic hydroxyl groups is 1. The summed E-state index contributed by atoms with van der Waals surface area (Å²) in [6.45, 7) is 0.991. The first kappa shape index (κ1) is 24.9. The Hall–Kier alpha value is -3.79. The molecule has 0 aliphatic carbocycles. The van der Waals surface area contributed by atoms with Crippen molar-refractivity contribution in [3.8, 4) is 16.9 Å². The van der Waals surface area contributed by atoms with Crippen molar-refractivity contribution < 1.29 is 9.90 Å². The molecule has 0 spiro atoms. The number of hydrogen-bond acceptors (Lipinski definition) is 6. The molecular weight excluding hydrogens is 550 g/mol. The van der Waals surface area contributed by atoms with Crippen LogP contribution in [0.15, 0.2) is 100 Å². The van der Waals surface area contributed by atoms with E-state index in [1.807, 2.05) is 71.2 Å². The van der Waals surface area contributed by atoms with E-state index < -0.39 is 0 Å². The van der Waals surface area contributed by atoms with Gasteiger partial charge in [0.05, 0.1) is 21.7 Å². The Kier molecular flexibility index (Phi) is 7.45. The molecule has 7 nitrogen and oxygen atoms in total. The van der Waals surface area contributed by atoms with E-state index in [0.717, 1.165) is 54.9 Å². The maximum absolute atomic E-state index is 12.6. The Morgan fingerprint density at radius 2 is 1.68 bits per heavy atom. The lowest BCUT2D eigenvalue weighted by Gasteiger charge is -2.13. The molecule has 186 valence electrons. The lowest BCUT2D eigenvalue weighted by molar-refractivity contribution is 0.0948. The van der Waals surface area contributed by atoms with E-state index in [1.165, 1.54) is 0 Å². The highest BCUT2D eigenvalue weighted by atomic mass is 79.9. The molecule has 0 atom stereocenters. The quantitative estimate of drug-likeness (QED) is 0.170. The molecule has 0 saturated carbocycles. The number of carbonyl (C=O) groups is 1. The minimum atomic E-state index is -0.155. The molecule has 0 fully saturated rings. The second kappa shape index (κ2) is 11.1. The van der Waals surface area contributed by atoms with Gasteiger partial charge >= 0.3 is 0 Å². The zero-order valence-electron chi connectivity index (χ0n) is 19.7. The zero-order chi connectivity index (χ0) is 25.8. The molecule has 0 unspecified atom stereocenters. The van der Waals surface area contributed by atoms with Crippen LogP contribution in [0.4, 0.5) is 5.82 Å². The number of phenolic OH excluding ortho intramolecular Hbond substituents is 1. The lowest BCUT2D eigenvalue weighted by atomic mass is 10.1. The predicted octanol–water partition coefficient (Wildman–Crippen LogP) is 5.98. The van der Waals surface area contributed by atoms with Crippen molar-refractivity contribution in [2.45, 2.75) is 18.0 Å². The third kappa shape index (κ3) is 5.48. The van der Waals surface area contributed by atoms with E-state index in [1.54, 1.807) is 24.4 Å². The number of fused-ring (bicyclic) bond motifs is 1. The van der Waals surface area contributed by atoms with Crippen LogP contribution in [0, 0.1) is 0 Å². The SMILES string of the molecule is NSc1ccccc1C(=O)NCc1ccc(CNc2cc(-c3ccccc3O)cc3c(Br)cnn23)cc1. The van der Waals surface area contributed by atoms with Gasteiger partial charge in [-0.3, -0.25) is 9.93 Å². The number of nitrogens with one attached hydrogen (secondary N) is 2. The van der Waals surface area contributed by atoms with Crippen molar-refractivity contribution in [3.05, 3.63) is 112 Å². The van der Waals surface area contributed by atoms with Crippen molar-refractivity contribution in [1.82, 2.24) is 14.9 Å². The van der Waals surface area contributed by atoms with Gasteiger partial charge in [0.25, 0.3) is 5.91 Å². The highest BCUT2D eigenvalue weighted by molar-refractivity contribution is 9.10. The number of amides is 1. The van der Waals surface area contributed by atoms with Gasteiger partial charge < -0.3 is 15.7 Å². The summed E-state index contributed by atoms with van der Waals surface area (Å²) in [5.74, 6) is 0.869. The fraction of sp³-hybridized carbons (Fsp3) is 0.0714. The highest BCUT2D eigenvalue weighted by Gasteiger charge is 2.13. The Balaban J connectivity index is 1.28. The van der Waals surface area contributed by atoms with Gasteiger partial charge in [-0.1, -0.05) is 54.6 Å². The molecule has 37 heavy (non-hydrogen) atoms. The van der Waals surface area contributed by atoms with Gasteiger partial charge in [0.15, 0.2) is 0 Å². The van der Waals surface area contributed by atoms with E-state index in [9.17, 15) is 9.90 Å². The Bertz CT molecular complexity index is 1570. The number of phenols is 1. The summed E-state index contributed by atoms with van der Waals surface area (Å²) in [5, 5.41) is 26.9. The maximum atomic E-state index is 12.6. The van der Waals surface area contributed by atoms with Gasteiger partial charge in [0.1, 0.15) is 11.6 Å². The molecule has 5 N–H and O–H groups in total. The van der Waals surface area contributed by atoms with E-state index in [2.05, 4.69) is 31.7 Å². The molecule has 5 aromatic rings. The second-order valence-corrected chi connectivity index (χ2v) is 9.93. The topological polar surface area (TPSA) is 105 Å². The first-order valence-electron chi connectivity index (χ1n) is 11.5. The minimum Gasteiger partial charge on any atom is -0.507 e. The third-order valence-electron chi connectivity index (χ3n) is 6.00. The monoisotopic (exact) mass is 573 g/mol. The van der Waals surface area contributed by atoms with Gasteiger partial charge in [0, 0.05) is 23.5 Å². The van der Waals surface area contributed by atoms with Gasteiger partial charge in [-0.2, -0.15) is 5.10 Å². The van der Waals surface area contributed by atoms with E-state index >= 15 is 0 Å². The maximum Gasteiger partial charge on any atom is 0.252 e. The summed E-state index contributed by atoms with van der Waals surface area (Å²) in [5.41, 5.74) is 5.17. The molecular formula is C28H24BrN5O2S. The van der Waals surface area contributed by atoms with Crippen LogP contribution in [-0.4, -0.2) is 20.6 Å². The lowest BCUT2D eigenvalue weighted by Crippen LogP contribution is -2.23. The van der Waals surface area contributed by atoms with Gasteiger partial charge in [-0.25, -0.2) is 4.52 Å². The first-order chi connectivity index (χ1) is 18.0. The number of hydrogen-bond donors (Lipinski definition) is 4. The molecule has 0 bridgehead atoms. The van der Waals surface area contributed by atoms with Gasteiger partial charge in [-0.15, -0.1) is 0 Å². The van der Waals surface area contributed by atoms with Crippen LogP contribution in [0.2, 0.25) is 0 Å². The number of para-hydroxylation sites is 1. The average Bonchev–Trinajstić information content (AvgIpc) is 3.31. The van der Waals surface area contributed by atoms with Crippen LogP contribution >= 0.6 is 27.9 Å². The number of rotatable bonds is 8. The average molecular weight is 575 g/mol. The predicted molar refractivity (Wildman–Crippen MR) is 151 cm³/mol. The van der Waals surface area contributed by atoms with Crippen molar-refractivity contribution in [1.29, 1.82) is 0 Å². The molecule has 1 amide bonds. The Morgan fingerprint density at radius 3 is 2.43 bits per heavy atom. The van der Waals surface area contributed by atoms with Crippen molar-refractivity contribution in [2.24, 2.45) is 5.14 Å². The number of halogens is 1. The molecule has 2 aromatic heterocycles. The minimum absolute atomic E-state index is 0.155. The Morgan fingerprint density at radius 1 is 0.973 bits per heavy atom. The fourth-order valence-electron chi connectivity index (χ4n) is 4.06. The standard InChI is InChI=1S/C28H24BrN5O2S/c29-23-17-33-34-24(23)13-20(21-5-1-3-7-25(21)35)14-27(34)31-15-18-9-11-19(12-10-18)16-32-28(36)22-6-2-4-8-26(22)37-30/h1-14,17,31,35H,15-16,30H2,(H,32,36). The van der Waals surface area contributed by atoms with E-state index in [4.69, 9.17) is 5.14 Å². The largest absolute Gasteiger partial charge is 0.507 e. The summed E-state index contributed by atoms with van der Waals surface area (Å²) < 4.78 is 2.70. The number of benzene rings is 3. The van der Waals surface area contributed by atoms with Crippen molar-refractivity contribution in [3.63, 3.8) is 0 Å². The smallest absolute Gasteiger partial charge is 0.252 e. The summed E-state index contributed by atoms with van der Waals surface area (Å²) >= 11 is 4.63. The molecule has 0 aliphatic rings. The number of carbonyl (C=O) groups excluding carboxylic acids is 1. The molecule has 9 heteroatoms. The van der Waals surface area contributed by atoms with Crippen molar-refractivity contribution in [2.75, 3.05) is 5.32 Å². The zero-order valence-corrected chi connectivity index (χ0v) is 22.1. The normalized spacial score (nSPS) is 11.0. The van der Waals surface area contributed by atoms with Crippen LogP contribution in [0.25, 0.3) is 16.6 Å². The van der Waals surface area contributed by atoms with Crippen LogP contribution in [0.1, 0.15) is 21.5 Å². The van der Waals surface area contributed by atoms with Crippen molar-refractivity contribution >= 4 is 45.1 Å². The summed E-state index contributed by atoms with van der Waals surface area (Å²) in [6, 6.07) is 26.6. The van der Waals surface area contributed by atoms with Crippen LogP contribution in [0.3, 0.4) is 0 Å². The molecule has 0 aliphatic heterocycles. The van der Waals surface area contributed by atoms with Crippen LogP contribution < -0.4 is 15.8 Å². The number of nitrogens with two attached hydrogens (primary N) is 1. The molecule has 0 radical (unpaired) electrons. The second-order valence-electron chi connectivity index (χ2n) is 8.40. The molecule has 5 rings (SSSR count). The van der Waals surface area contributed by atoms with E-state index in [0.29, 0.717) is 18.7 Å². The summed E-state index contributed by atoms with van der Waals surface area (Å²) in [7, 11) is 0. The van der Waals surface area contributed by atoms with Gasteiger partial charge in [-0.05, 0) is 74.9 Å². The Labute approximate surface area is 227 Å². The van der Waals surface area contributed by atoms with Gasteiger partial charge in [0.2, 0.25) is 0 Å². The summed E-state index contributed by atoms with van der Waals surface area (Å²) in [4.78, 5) is 13.3. The molecule has 0 saturated heterocycles. The number of nitrogens with zero attached hydrogens (tertiary/aromatic N) is 2. The first-order valence-corrected chi connectivity index (χ1v) is 13.2. The van der Waals surface area contributed by atoms with Crippen LogP contribution in [-0.2, 0) is 13.1 Å². The number of anilines is 1. The fourth-order valence-corrected chi connectivity index (χ4v) is 4.88. The third-order valence-corrected chi connectivity index (χ3v) is 7.22. The highest BCUT2D eigenvalue weighted by Crippen LogP contribution is 2.33.